The van der Waals surface area contributed by atoms with Gasteiger partial charge in [-0.1, -0.05) is 60.6 Å². The molecule has 4 N–H and O–H groups in total. The summed E-state index contributed by atoms with van der Waals surface area (Å²) in [5, 5.41) is 13.2. The number of aromatic carboxylic acids is 1. The number of hydrogen-bond acceptors (Lipinski definition) is 3. The molecule has 238 valence electrons. The van der Waals surface area contributed by atoms with Crippen LogP contribution in [0.5, 0.6) is 0 Å². The van der Waals surface area contributed by atoms with Crippen LogP contribution in [0.15, 0.2) is 24.3 Å². The molecule has 5 aliphatic rings. The zero-order chi connectivity index (χ0) is 31.2. The monoisotopic (exact) mass is 590 g/mol. The van der Waals surface area contributed by atoms with Crippen molar-refractivity contribution in [3.63, 3.8) is 0 Å². The van der Waals surface area contributed by atoms with E-state index < -0.39 is 5.97 Å². The number of carboxylic acid groups (broad SMARTS) is 1. The Morgan fingerprint density at radius 1 is 0.860 bits per heavy atom. The number of nitrogens with one attached hydrogen (secondary N) is 1. The fourth-order valence-electron chi connectivity index (χ4n) is 13.4. The van der Waals surface area contributed by atoms with Crippen LogP contribution in [-0.4, -0.2) is 29.1 Å². The highest BCUT2D eigenvalue weighted by Gasteiger charge is 2.71. The minimum atomic E-state index is -0.849. The van der Waals surface area contributed by atoms with E-state index in [0.29, 0.717) is 63.9 Å². The van der Waals surface area contributed by atoms with Gasteiger partial charge in [-0.3, -0.25) is 4.79 Å². The Kier molecular flexibility index (Phi) is 7.47. The maximum Gasteiger partial charge on any atom is 0.335 e. The van der Waals surface area contributed by atoms with Gasteiger partial charge in [0.15, 0.2) is 0 Å². The zero-order valence-corrected chi connectivity index (χ0v) is 28.0. The van der Waals surface area contributed by atoms with Gasteiger partial charge in [0.05, 0.1) is 12.1 Å². The lowest BCUT2D eigenvalue weighted by Crippen LogP contribution is -2.68. The molecule has 0 bridgehead atoms. The molecule has 1 aromatic rings. The number of rotatable bonds is 6. The minimum absolute atomic E-state index is 0.0642. The molecule has 0 radical (unpaired) electrons. The molecule has 0 unspecified atom stereocenters. The average Bonchev–Trinajstić information content (AvgIpc) is 3.32. The summed E-state index contributed by atoms with van der Waals surface area (Å²) in [5.41, 5.74) is 8.53. The maximum absolute atomic E-state index is 11.9. The van der Waals surface area contributed by atoms with Crippen molar-refractivity contribution in [1.29, 1.82) is 0 Å². The fourth-order valence-corrected chi connectivity index (χ4v) is 13.4. The Balaban J connectivity index is 1.31. The fraction of sp³-hybridized carbons (Fsp3) is 0.789. The van der Waals surface area contributed by atoms with Crippen LogP contribution in [-0.2, 0) is 4.79 Å². The van der Waals surface area contributed by atoms with Gasteiger partial charge in [-0.25, -0.2) is 4.79 Å². The van der Waals surface area contributed by atoms with Crippen molar-refractivity contribution in [2.75, 3.05) is 6.54 Å². The van der Waals surface area contributed by atoms with Crippen molar-refractivity contribution in [1.82, 2.24) is 5.32 Å². The molecule has 0 saturated heterocycles. The normalized spacial score (nSPS) is 45.0. The first-order valence-corrected chi connectivity index (χ1v) is 17.5. The third-order valence-corrected chi connectivity index (χ3v) is 15.5. The van der Waals surface area contributed by atoms with Gasteiger partial charge in [0, 0.05) is 5.54 Å². The van der Waals surface area contributed by atoms with E-state index in [1.54, 1.807) is 12.1 Å². The lowest BCUT2D eigenvalue weighted by molar-refractivity contribution is -0.235. The van der Waals surface area contributed by atoms with Gasteiger partial charge in [0.2, 0.25) is 5.91 Å². The Labute approximate surface area is 260 Å². The molecule has 5 nitrogen and oxygen atoms in total. The van der Waals surface area contributed by atoms with E-state index in [-0.39, 0.29) is 16.9 Å². The maximum atomic E-state index is 11.9. The van der Waals surface area contributed by atoms with E-state index in [9.17, 15) is 14.7 Å². The zero-order valence-electron chi connectivity index (χ0n) is 28.0. The molecule has 6 rings (SSSR count). The van der Waals surface area contributed by atoms with Crippen LogP contribution in [0.1, 0.15) is 135 Å². The van der Waals surface area contributed by atoms with Crippen LogP contribution < -0.4 is 11.1 Å². The second-order valence-electron chi connectivity index (χ2n) is 17.5. The van der Waals surface area contributed by atoms with Crippen LogP contribution in [0, 0.1) is 57.2 Å². The molecule has 1 amide bonds. The van der Waals surface area contributed by atoms with Crippen molar-refractivity contribution in [3.8, 4) is 0 Å². The molecule has 5 saturated carbocycles. The summed E-state index contributed by atoms with van der Waals surface area (Å²) in [5.74, 6) is 3.44. The van der Waals surface area contributed by atoms with Gasteiger partial charge in [0.25, 0.3) is 0 Å². The van der Waals surface area contributed by atoms with Gasteiger partial charge in [0.1, 0.15) is 0 Å². The lowest BCUT2D eigenvalue weighted by Gasteiger charge is -2.73. The number of carbonyl (C=O) groups excluding carboxylic acids is 1. The number of primary amides is 1. The molecular formula is C38H58N2O3. The van der Waals surface area contributed by atoms with Crippen LogP contribution >= 0.6 is 0 Å². The molecule has 5 heteroatoms. The number of hydrogen-bond donors (Lipinski definition) is 3. The molecule has 10 atom stereocenters. The summed E-state index contributed by atoms with van der Waals surface area (Å²) in [6.45, 7) is 18.3. The number of nitrogens with two attached hydrogens (primary N) is 1. The van der Waals surface area contributed by atoms with Gasteiger partial charge < -0.3 is 16.2 Å². The van der Waals surface area contributed by atoms with Crippen LogP contribution in [0.3, 0.4) is 0 Å². The lowest BCUT2D eigenvalue weighted by atomic mass is 9.32. The predicted octanol–water partition coefficient (Wildman–Crippen LogP) is 8.03. The SMILES string of the molecule is CC(C)[C@@H]1CC[C@]2(NCC(N)=O)CC[C@]3(C)[C@H](CC[C@@H]4[C@@]5(C)CC[C@H](c6ccc(C(=O)O)cc6)C(C)(C)[C@@H]5CC[C@]43C)[C@@H]12. The minimum Gasteiger partial charge on any atom is -0.478 e. The first-order chi connectivity index (χ1) is 20.1. The number of carboxylic acids is 1. The molecular weight excluding hydrogens is 532 g/mol. The molecule has 0 aliphatic heterocycles. The molecule has 1 aromatic carbocycles. The van der Waals surface area contributed by atoms with Crippen molar-refractivity contribution >= 4 is 11.9 Å². The second kappa shape index (κ2) is 10.3. The van der Waals surface area contributed by atoms with Gasteiger partial charge in [-0.2, -0.15) is 0 Å². The third kappa shape index (κ3) is 4.40. The highest BCUT2D eigenvalue weighted by atomic mass is 16.4. The van der Waals surface area contributed by atoms with Crippen molar-refractivity contribution < 1.29 is 14.7 Å². The summed E-state index contributed by atoms with van der Waals surface area (Å²) in [7, 11) is 0. The second-order valence-corrected chi connectivity index (χ2v) is 17.5. The highest BCUT2D eigenvalue weighted by molar-refractivity contribution is 5.87. The van der Waals surface area contributed by atoms with Crippen LogP contribution in [0.25, 0.3) is 0 Å². The standard InChI is InChI=1S/C38H58N2O3/c1-23(2)26-14-19-38(40-22-31(39)41)21-20-36(6)28(32(26)38)12-13-30-35(5)17-15-27(24-8-10-25(11-9-24)33(42)43)34(3,4)29(35)16-18-37(30,36)7/h8-11,23,26-30,32,40H,12-22H2,1-7H3,(H2,39,41)(H,42,43)/t26-,27+,28+,29-,30+,32+,35-,36+,37+,38-/m0/s1. The van der Waals surface area contributed by atoms with Crippen LogP contribution in [0.4, 0.5) is 0 Å². The van der Waals surface area contributed by atoms with E-state index in [2.05, 4.69) is 65.9 Å². The van der Waals surface area contributed by atoms with E-state index in [4.69, 9.17) is 5.73 Å². The average molecular weight is 591 g/mol. The Morgan fingerprint density at radius 3 is 2.19 bits per heavy atom. The summed E-state index contributed by atoms with van der Waals surface area (Å²) >= 11 is 0. The quantitative estimate of drug-likeness (QED) is 0.313. The summed E-state index contributed by atoms with van der Waals surface area (Å²) in [6.07, 6.45) is 12.5. The molecule has 0 aromatic heterocycles. The Morgan fingerprint density at radius 2 is 1.56 bits per heavy atom. The number of amides is 1. The highest BCUT2D eigenvalue weighted by Crippen LogP contribution is 2.77. The predicted molar refractivity (Wildman–Crippen MR) is 173 cm³/mol. The number of fused-ring (bicyclic) bond motifs is 7. The van der Waals surface area contributed by atoms with Gasteiger partial charge in [-0.15, -0.1) is 0 Å². The van der Waals surface area contributed by atoms with Gasteiger partial charge in [-0.05, 0) is 145 Å². The van der Waals surface area contributed by atoms with E-state index in [1.807, 2.05) is 0 Å². The van der Waals surface area contributed by atoms with Crippen LogP contribution in [0.2, 0.25) is 0 Å². The van der Waals surface area contributed by atoms with E-state index in [1.165, 1.54) is 69.8 Å². The smallest absolute Gasteiger partial charge is 0.335 e. The first kappa shape index (κ1) is 31.1. The van der Waals surface area contributed by atoms with Crippen molar-refractivity contribution in [2.45, 2.75) is 124 Å². The number of benzene rings is 1. The van der Waals surface area contributed by atoms with Crippen molar-refractivity contribution in [2.24, 2.45) is 62.9 Å². The van der Waals surface area contributed by atoms with Gasteiger partial charge >= 0.3 is 5.97 Å². The summed E-state index contributed by atoms with van der Waals surface area (Å²) in [6, 6.07) is 7.78. The molecule has 0 spiro atoms. The van der Waals surface area contributed by atoms with Crippen molar-refractivity contribution in [3.05, 3.63) is 35.4 Å². The molecule has 0 heterocycles. The third-order valence-electron chi connectivity index (χ3n) is 15.5. The molecule has 5 fully saturated rings. The van der Waals surface area contributed by atoms with E-state index >= 15 is 0 Å². The molecule has 5 aliphatic carbocycles. The summed E-state index contributed by atoms with van der Waals surface area (Å²) < 4.78 is 0. The Hall–Kier alpha value is -1.88. The number of carbonyl (C=O) groups is 2. The topological polar surface area (TPSA) is 92.4 Å². The first-order valence-electron chi connectivity index (χ1n) is 17.5. The molecule has 43 heavy (non-hydrogen) atoms. The summed E-state index contributed by atoms with van der Waals surface area (Å²) in [4.78, 5) is 23.4. The van der Waals surface area contributed by atoms with E-state index in [0.717, 1.165) is 5.92 Å². The largest absolute Gasteiger partial charge is 0.478 e. The Bertz CT molecular complexity index is 1260.